The summed E-state index contributed by atoms with van der Waals surface area (Å²) in [5.41, 5.74) is 2.10. The monoisotopic (exact) mass is 344 g/mol. The number of carbonyl (C=O) groups excluding carboxylic acids is 1. The Morgan fingerprint density at radius 1 is 1.29 bits per heavy atom. The lowest BCUT2D eigenvalue weighted by Gasteiger charge is -2.14. The van der Waals surface area contributed by atoms with E-state index in [-0.39, 0.29) is 5.91 Å². The zero-order valence-electron chi connectivity index (χ0n) is 13.6. The van der Waals surface area contributed by atoms with Crippen molar-refractivity contribution in [3.05, 3.63) is 58.6 Å². The first kappa shape index (κ1) is 17.8. The van der Waals surface area contributed by atoms with Gasteiger partial charge < -0.3 is 15.0 Å². The summed E-state index contributed by atoms with van der Waals surface area (Å²) in [5.74, 6) is 0.702. The number of quaternary nitrogens is 1. The number of benzene rings is 2. The van der Waals surface area contributed by atoms with Crippen molar-refractivity contribution < 1.29 is 14.4 Å². The Morgan fingerprint density at radius 2 is 2.00 bits per heavy atom. The summed E-state index contributed by atoms with van der Waals surface area (Å²) < 4.78 is 5.13. The van der Waals surface area contributed by atoms with E-state index >= 15 is 0 Å². The van der Waals surface area contributed by atoms with Crippen LogP contribution in [0, 0.1) is 11.3 Å². The zero-order chi connectivity index (χ0) is 17.5. The van der Waals surface area contributed by atoms with E-state index in [4.69, 9.17) is 21.6 Å². The van der Waals surface area contributed by atoms with E-state index in [1.54, 1.807) is 25.3 Å². The smallest absolute Gasteiger partial charge is 0.279 e. The van der Waals surface area contributed by atoms with Gasteiger partial charge in [-0.15, -0.1) is 0 Å². The van der Waals surface area contributed by atoms with Crippen molar-refractivity contribution in [2.45, 2.75) is 6.54 Å². The fourth-order valence-corrected chi connectivity index (χ4v) is 2.54. The van der Waals surface area contributed by atoms with Crippen molar-refractivity contribution in [3.8, 4) is 11.8 Å². The number of halogens is 1. The second-order valence-electron chi connectivity index (χ2n) is 5.51. The topological polar surface area (TPSA) is 66.6 Å². The van der Waals surface area contributed by atoms with Crippen molar-refractivity contribution in [1.82, 2.24) is 0 Å². The molecule has 0 saturated carbocycles. The largest absolute Gasteiger partial charge is 0.497 e. The number of nitrogens with zero attached hydrogens (tertiary/aromatic N) is 1. The maximum absolute atomic E-state index is 12.1. The van der Waals surface area contributed by atoms with Crippen LogP contribution in [-0.4, -0.2) is 26.6 Å². The second kappa shape index (κ2) is 8.34. The number of nitriles is 1. The molecule has 2 rings (SSSR count). The molecule has 0 saturated heterocycles. The molecule has 1 unspecified atom stereocenters. The molecular weight excluding hydrogens is 326 g/mol. The Balaban J connectivity index is 1.89. The Kier molecular flexibility index (Phi) is 6.19. The first-order chi connectivity index (χ1) is 11.5. The van der Waals surface area contributed by atoms with Crippen LogP contribution in [0.5, 0.6) is 5.75 Å². The second-order valence-corrected chi connectivity index (χ2v) is 5.92. The van der Waals surface area contributed by atoms with Crippen LogP contribution in [0.3, 0.4) is 0 Å². The maximum Gasteiger partial charge on any atom is 0.279 e. The molecule has 0 aliphatic heterocycles. The highest BCUT2D eigenvalue weighted by Crippen LogP contribution is 2.19. The highest BCUT2D eigenvalue weighted by atomic mass is 35.5. The third-order valence-corrected chi connectivity index (χ3v) is 3.81. The van der Waals surface area contributed by atoms with Gasteiger partial charge in [0, 0.05) is 11.3 Å². The molecule has 0 spiro atoms. The number of ether oxygens (including phenoxy) is 1. The van der Waals surface area contributed by atoms with Gasteiger partial charge in [0.05, 0.1) is 24.7 Å². The average molecular weight is 345 g/mol. The van der Waals surface area contributed by atoms with Gasteiger partial charge in [-0.25, -0.2) is 0 Å². The summed E-state index contributed by atoms with van der Waals surface area (Å²) in [6, 6.07) is 14.6. The van der Waals surface area contributed by atoms with E-state index in [1.165, 1.54) is 0 Å². The van der Waals surface area contributed by atoms with Gasteiger partial charge in [0.15, 0.2) is 6.54 Å². The Morgan fingerprint density at radius 3 is 2.58 bits per heavy atom. The SMILES string of the molecule is COc1ccc(C[NH+](C)CC(=O)Nc2ccc(C#N)c(Cl)c2)cc1. The lowest BCUT2D eigenvalue weighted by molar-refractivity contribution is -0.885. The number of likely N-dealkylation sites (N-methyl/N-ethyl adjacent to an activating group) is 1. The molecular formula is C18H19ClN3O2+. The molecule has 0 fully saturated rings. The van der Waals surface area contributed by atoms with Gasteiger partial charge in [-0.3, -0.25) is 4.79 Å². The number of rotatable bonds is 6. The van der Waals surface area contributed by atoms with E-state index in [9.17, 15) is 4.79 Å². The van der Waals surface area contributed by atoms with E-state index in [1.807, 2.05) is 37.4 Å². The third-order valence-electron chi connectivity index (χ3n) is 3.50. The Hall–Kier alpha value is -2.55. The van der Waals surface area contributed by atoms with Crippen LogP contribution in [0.4, 0.5) is 5.69 Å². The van der Waals surface area contributed by atoms with Gasteiger partial charge in [-0.1, -0.05) is 11.6 Å². The standard InChI is InChI=1S/C18H18ClN3O2/c1-22(11-13-3-7-16(24-2)8-4-13)12-18(23)21-15-6-5-14(10-20)17(19)9-15/h3-9H,11-12H2,1-2H3,(H,21,23)/p+1. The van der Waals surface area contributed by atoms with Crippen molar-refractivity contribution in [1.29, 1.82) is 5.26 Å². The summed E-state index contributed by atoms with van der Waals surface area (Å²) in [4.78, 5) is 13.2. The van der Waals surface area contributed by atoms with Crippen LogP contribution < -0.4 is 15.0 Å². The number of hydrogen-bond acceptors (Lipinski definition) is 3. The molecule has 0 heterocycles. The number of carbonyl (C=O) groups is 1. The van der Waals surface area contributed by atoms with Gasteiger partial charge in [0.1, 0.15) is 18.4 Å². The third kappa shape index (κ3) is 4.98. The highest BCUT2D eigenvalue weighted by Gasteiger charge is 2.12. The summed E-state index contributed by atoms with van der Waals surface area (Å²) in [7, 11) is 3.59. The van der Waals surface area contributed by atoms with Crippen LogP contribution in [0.15, 0.2) is 42.5 Å². The minimum absolute atomic E-state index is 0.109. The molecule has 0 bridgehead atoms. The predicted molar refractivity (Wildman–Crippen MR) is 93.2 cm³/mol. The molecule has 24 heavy (non-hydrogen) atoms. The average Bonchev–Trinajstić information content (AvgIpc) is 2.55. The summed E-state index contributed by atoms with van der Waals surface area (Å²) in [5, 5.41) is 12.0. The molecule has 1 amide bonds. The maximum atomic E-state index is 12.1. The van der Waals surface area contributed by atoms with Crippen LogP contribution in [0.1, 0.15) is 11.1 Å². The highest BCUT2D eigenvalue weighted by molar-refractivity contribution is 6.32. The first-order valence-electron chi connectivity index (χ1n) is 7.45. The van der Waals surface area contributed by atoms with E-state index < -0.39 is 0 Å². The number of hydrogen-bond donors (Lipinski definition) is 2. The lowest BCUT2D eigenvalue weighted by atomic mass is 10.2. The van der Waals surface area contributed by atoms with Gasteiger partial charge in [-0.05, 0) is 42.5 Å². The molecule has 1 atom stereocenters. The van der Waals surface area contributed by atoms with E-state index in [0.717, 1.165) is 22.8 Å². The van der Waals surface area contributed by atoms with Crippen molar-refractivity contribution >= 4 is 23.2 Å². The molecule has 0 aliphatic carbocycles. The summed E-state index contributed by atoms with van der Waals surface area (Å²) in [6.45, 7) is 1.05. The van der Waals surface area contributed by atoms with Crippen LogP contribution in [-0.2, 0) is 11.3 Å². The van der Waals surface area contributed by atoms with Gasteiger partial charge in [0.25, 0.3) is 5.91 Å². The first-order valence-corrected chi connectivity index (χ1v) is 7.83. The van der Waals surface area contributed by atoms with Gasteiger partial charge >= 0.3 is 0 Å². The van der Waals surface area contributed by atoms with E-state index in [0.29, 0.717) is 22.8 Å². The quantitative estimate of drug-likeness (QED) is 0.840. The minimum Gasteiger partial charge on any atom is -0.497 e. The Bertz CT molecular complexity index is 754. The van der Waals surface area contributed by atoms with E-state index in [2.05, 4.69) is 5.32 Å². The van der Waals surface area contributed by atoms with Gasteiger partial charge in [-0.2, -0.15) is 5.26 Å². The van der Waals surface area contributed by atoms with Crippen LogP contribution in [0.25, 0.3) is 0 Å². The molecule has 2 aromatic carbocycles. The molecule has 0 aromatic heterocycles. The lowest BCUT2D eigenvalue weighted by Crippen LogP contribution is -3.08. The number of nitrogens with one attached hydrogen (secondary N) is 2. The van der Waals surface area contributed by atoms with Crippen molar-refractivity contribution in [2.75, 3.05) is 26.0 Å². The molecule has 2 N–H and O–H groups in total. The fraction of sp³-hybridized carbons (Fsp3) is 0.222. The number of methoxy groups -OCH3 is 1. The summed E-state index contributed by atoms with van der Waals surface area (Å²) in [6.07, 6.45) is 0. The molecule has 0 radical (unpaired) electrons. The normalized spacial score (nSPS) is 11.4. The molecule has 6 heteroatoms. The molecule has 5 nitrogen and oxygen atoms in total. The molecule has 2 aromatic rings. The fourth-order valence-electron chi connectivity index (χ4n) is 2.32. The predicted octanol–water partition coefficient (Wildman–Crippen LogP) is 1.87. The summed E-state index contributed by atoms with van der Waals surface area (Å²) >= 11 is 5.96. The zero-order valence-corrected chi connectivity index (χ0v) is 14.4. The molecule has 0 aliphatic rings. The molecule has 124 valence electrons. The Labute approximate surface area is 146 Å². The minimum atomic E-state index is -0.109. The van der Waals surface area contributed by atoms with Crippen LogP contribution >= 0.6 is 11.6 Å². The number of anilines is 1. The van der Waals surface area contributed by atoms with Crippen molar-refractivity contribution in [3.63, 3.8) is 0 Å². The van der Waals surface area contributed by atoms with Gasteiger partial charge in [0.2, 0.25) is 0 Å². The van der Waals surface area contributed by atoms with Crippen molar-refractivity contribution in [2.24, 2.45) is 0 Å². The number of amides is 1. The van der Waals surface area contributed by atoms with Crippen LogP contribution in [0.2, 0.25) is 5.02 Å².